The first-order valence-corrected chi connectivity index (χ1v) is 6.94. The van der Waals surface area contributed by atoms with Gasteiger partial charge in [-0.25, -0.2) is 9.37 Å². The Labute approximate surface area is 118 Å². The highest BCUT2D eigenvalue weighted by atomic mass is 19.1. The molecule has 0 radical (unpaired) electrons. The normalized spacial score (nSPS) is 10.4. The van der Waals surface area contributed by atoms with Gasteiger partial charge in [0.05, 0.1) is 12.2 Å². The molecule has 2 N–H and O–H groups in total. The van der Waals surface area contributed by atoms with Gasteiger partial charge in [0.25, 0.3) is 5.91 Å². The van der Waals surface area contributed by atoms with Crippen LogP contribution in [0.2, 0.25) is 0 Å². The van der Waals surface area contributed by atoms with Crippen LogP contribution in [0.15, 0.2) is 12.3 Å². The van der Waals surface area contributed by atoms with E-state index in [0.717, 1.165) is 12.8 Å². The molecule has 1 rings (SSSR count). The Morgan fingerprint density at radius 3 is 2.80 bits per heavy atom. The van der Waals surface area contributed by atoms with E-state index in [9.17, 15) is 9.18 Å². The molecule has 0 saturated carbocycles. The van der Waals surface area contributed by atoms with Crippen LogP contribution in [0, 0.1) is 5.82 Å². The number of carbonyl (C=O) groups excluding carboxylic acids is 1. The smallest absolute Gasteiger partial charge is 0.257 e. The van der Waals surface area contributed by atoms with Gasteiger partial charge in [0.15, 0.2) is 11.6 Å². The van der Waals surface area contributed by atoms with E-state index >= 15 is 0 Å². The highest BCUT2D eigenvalue weighted by molar-refractivity contribution is 5.95. The predicted octanol–water partition coefficient (Wildman–Crippen LogP) is 1.89. The molecule has 5 nitrogen and oxygen atoms in total. The molecule has 1 aromatic rings. The minimum absolute atomic E-state index is 0.0134. The van der Waals surface area contributed by atoms with Crippen molar-refractivity contribution >= 4 is 11.7 Å². The van der Waals surface area contributed by atoms with Crippen molar-refractivity contribution in [1.29, 1.82) is 0 Å². The lowest BCUT2D eigenvalue weighted by molar-refractivity contribution is 0.0714. The summed E-state index contributed by atoms with van der Waals surface area (Å²) >= 11 is 0. The Morgan fingerprint density at radius 2 is 2.20 bits per heavy atom. The van der Waals surface area contributed by atoms with Crippen LogP contribution >= 0.6 is 0 Å². The lowest BCUT2D eigenvalue weighted by Gasteiger charge is -2.22. The number of carbonyl (C=O) groups is 1. The highest BCUT2D eigenvalue weighted by Crippen LogP contribution is 2.17. The molecular weight excluding hydrogens is 261 g/mol. The number of pyridine rings is 1. The molecule has 20 heavy (non-hydrogen) atoms. The number of amides is 1. The summed E-state index contributed by atoms with van der Waals surface area (Å²) in [6.45, 7) is 4.94. The molecule has 0 fully saturated rings. The maximum absolute atomic E-state index is 14.2. The lowest BCUT2D eigenvalue weighted by atomic mass is 10.2. The zero-order chi connectivity index (χ0) is 15.0. The zero-order valence-electron chi connectivity index (χ0n) is 12.0. The molecule has 0 aliphatic heterocycles. The second-order valence-corrected chi connectivity index (χ2v) is 4.42. The van der Waals surface area contributed by atoms with Crippen molar-refractivity contribution < 1.29 is 14.3 Å². The number of aliphatic hydroxyl groups is 1. The first-order valence-electron chi connectivity index (χ1n) is 6.94. The summed E-state index contributed by atoms with van der Waals surface area (Å²) in [4.78, 5) is 17.7. The minimum atomic E-state index is -0.640. The minimum Gasteiger partial charge on any atom is -0.395 e. The molecule has 6 heteroatoms. The molecule has 1 amide bonds. The van der Waals surface area contributed by atoms with Crippen LogP contribution in [-0.4, -0.2) is 47.1 Å². The van der Waals surface area contributed by atoms with Crippen molar-refractivity contribution in [2.24, 2.45) is 0 Å². The highest BCUT2D eigenvalue weighted by Gasteiger charge is 2.20. The molecule has 1 aromatic heterocycles. The van der Waals surface area contributed by atoms with E-state index in [2.05, 4.69) is 10.3 Å². The van der Waals surface area contributed by atoms with Gasteiger partial charge in [0.2, 0.25) is 0 Å². The fourth-order valence-corrected chi connectivity index (χ4v) is 1.85. The molecule has 1 heterocycles. The number of hydrogen-bond acceptors (Lipinski definition) is 4. The average molecular weight is 283 g/mol. The van der Waals surface area contributed by atoms with Crippen LogP contribution in [0.25, 0.3) is 0 Å². The van der Waals surface area contributed by atoms with Crippen LogP contribution in [-0.2, 0) is 0 Å². The zero-order valence-corrected chi connectivity index (χ0v) is 12.0. The second kappa shape index (κ2) is 8.47. The van der Waals surface area contributed by atoms with Crippen LogP contribution < -0.4 is 5.32 Å². The van der Waals surface area contributed by atoms with Gasteiger partial charge in [0, 0.05) is 25.8 Å². The Bertz CT molecular complexity index is 440. The molecule has 0 spiro atoms. The largest absolute Gasteiger partial charge is 0.395 e. The fourth-order valence-electron chi connectivity index (χ4n) is 1.85. The summed E-state index contributed by atoms with van der Waals surface area (Å²) in [5.41, 5.74) is -0.0134. The van der Waals surface area contributed by atoms with E-state index in [1.165, 1.54) is 17.2 Å². The quantitative estimate of drug-likeness (QED) is 0.764. The van der Waals surface area contributed by atoms with E-state index in [4.69, 9.17) is 5.11 Å². The van der Waals surface area contributed by atoms with Crippen molar-refractivity contribution in [3.05, 3.63) is 23.6 Å². The molecule has 112 valence electrons. The van der Waals surface area contributed by atoms with Gasteiger partial charge in [0.1, 0.15) is 0 Å². The number of rotatable bonds is 8. The summed E-state index contributed by atoms with van der Waals surface area (Å²) < 4.78 is 14.2. The number of nitrogens with one attached hydrogen (secondary N) is 1. The number of hydrogen-bond donors (Lipinski definition) is 2. The number of halogens is 1. The average Bonchev–Trinajstić information content (AvgIpc) is 2.45. The van der Waals surface area contributed by atoms with E-state index in [1.54, 1.807) is 0 Å². The van der Waals surface area contributed by atoms with Gasteiger partial charge in [-0.1, -0.05) is 13.3 Å². The number of anilines is 1. The first-order chi connectivity index (χ1) is 9.65. The Hall–Kier alpha value is -1.69. The van der Waals surface area contributed by atoms with Gasteiger partial charge in [-0.15, -0.1) is 0 Å². The third-order valence-electron chi connectivity index (χ3n) is 2.90. The summed E-state index contributed by atoms with van der Waals surface area (Å²) in [7, 11) is 0. The van der Waals surface area contributed by atoms with Crippen molar-refractivity contribution in [1.82, 2.24) is 9.88 Å². The third-order valence-corrected chi connectivity index (χ3v) is 2.90. The maximum atomic E-state index is 14.2. The van der Waals surface area contributed by atoms with Crippen LogP contribution in [0.3, 0.4) is 0 Å². The predicted molar refractivity (Wildman–Crippen MR) is 76.3 cm³/mol. The number of unbranched alkanes of at least 4 members (excludes halogenated alkanes) is 1. The van der Waals surface area contributed by atoms with Crippen molar-refractivity contribution in [3.63, 3.8) is 0 Å². The van der Waals surface area contributed by atoms with Crippen LogP contribution in [0.4, 0.5) is 10.2 Å². The number of nitrogens with zero attached hydrogens (tertiary/aromatic N) is 2. The molecule has 0 aliphatic carbocycles. The second-order valence-electron chi connectivity index (χ2n) is 4.42. The van der Waals surface area contributed by atoms with Crippen molar-refractivity contribution in [2.45, 2.75) is 26.7 Å². The van der Waals surface area contributed by atoms with Gasteiger partial charge in [-0.05, 0) is 19.4 Å². The Kier molecular flexibility index (Phi) is 6.93. The monoisotopic (exact) mass is 283 g/mol. The summed E-state index contributed by atoms with van der Waals surface area (Å²) in [6, 6.07) is 1.37. The number of aromatic nitrogens is 1. The lowest BCUT2D eigenvalue weighted by Crippen LogP contribution is -2.35. The van der Waals surface area contributed by atoms with E-state index < -0.39 is 11.7 Å². The third kappa shape index (κ3) is 4.16. The fraction of sp³-hybridized carbons (Fsp3) is 0.571. The van der Waals surface area contributed by atoms with Gasteiger partial charge >= 0.3 is 0 Å². The Morgan fingerprint density at radius 1 is 1.45 bits per heavy atom. The molecule has 0 aromatic carbocycles. The summed E-state index contributed by atoms with van der Waals surface area (Å²) in [6.07, 6.45) is 3.15. The van der Waals surface area contributed by atoms with Crippen LogP contribution in [0.1, 0.15) is 37.0 Å². The molecule has 0 aliphatic rings. The van der Waals surface area contributed by atoms with E-state index in [-0.39, 0.29) is 24.5 Å². The summed E-state index contributed by atoms with van der Waals surface area (Å²) in [5, 5.41) is 11.8. The maximum Gasteiger partial charge on any atom is 0.257 e. The SMILES string of the molecule is CCCCN(CCO)C(=O)c1ccnc(NCC)c1F. The van der Waals surface area contributed by atoms with Gasteiger partial charge in [-0.2, -0.15) is 0 Å². The topological polar surface area (TPSA) is 65.5 Å². The molecule has 0 unspecified atom stereocenters. The first kappa shape index (κ1) is 16.4. The number of aliphatic hydroxyl groups excluding tert-OH is 1. The standard InChI is InChI=1S/C14H22FN3O2/c1-3-5-8-18(9-10-19)14(20)11-6-7-17-13(12(11)15)16-4-2/h6-7,19H,3-5,8-10H2,1-2H3,(H,16,17). The molecule has 0 atom stereocenters. The van der Waals surface area contributed by atoms with Crippen molar-refractivity contribution in [3.8, 4) is 0 Å². The summed E-state index contributed by atoms with van der Waals surface area (Å²) in [5.74, 6) is -0.969. The molecule has 0 saturated heterocycles. The van der Waals surface area contributed by atoms with Crippen LogP contribution in [0.5, 0.6) is 0 Å². The van der Waals surface area contributed by atoms with Gasteiger partial charge < -0.3 is 15.3 Å². The van der Waals surface area contributed by atoms with Gasteiger partial charge in [-0.3, -0.25) is 4.79 Å². The Balaban J connectivity index is 2.95. The van der Waals surface area contributed by atoms with Crippen molar-refractivity contribution in [2.75, 3.05) is 31.6 Å². The molecular formula is C14H22FN3O2. The van der Waals surface area contributed by atoms with E-state index in [1.807, 2.05) is 13.8 Å². The molecule has 0 bridgehead atoms. The van der Waals surface area contributed by atoms with E-state index in [0.29, 0.717) is 13.1 Å².